The fraction of sp³-hybridized carbons (Fsp3) is 0.562. The van der Waals surface area contributed by atoms with E-state index in [9.17, 15) is 4.79 Å². The van der Waals surface area contributed by atoms with Crippen LogP contribution in [0.5, 0.6) is 0 Å². The Kier molecular flexibility index (Phi) is 2.79. The molecule has 0 N–H and O–H groups in total. The highest BCUT2D eigenvalue weighted by atomic mass is 32.1. The third kappa shape index (κ3) is 1.79. The summed E-state index contributed by atoms with van der Waals surface area (Å²) in [4.78, 5) is 15.1. The van der Waals surface area contributed by atoms with Crippen molar-refractivity contribution in [2.24, 2.45) is 18.4 Å². The Morgan fingerprint density at radius 1 is 1.36 bits per heavy atom. The third-order valence-electron chi connectivity index (χ3n) is 5.04. The van der Waals surface area contributed by atoms with Crippen molar-refractivity contribution < 1.29 is 0 Å². The van der Waals surface area contributed by atoms with Crippen LogP contribution in [0.4, 0.5) is 0 Å². The van der Waals surface area contributed by atoms with Crippen molar-refractivity contribution in [1.29, 1.82) is 0 Å². The SMILES string of the molecule is Cn1c(=O)c2c3c(sc2n2cnnc12)CC(C(C)(C)C)CC3. The molecule has 0 aromatic carbocycles. The summed E-state index contributed by atoms with van der Waals surface area (Å²) < 4.78 is 3.56. The van der Waals surface area contributed by atoms with Crippen molar-refractivity contribution in [1.82, 2.24) is 19.2 Å². The highest BCUT2D eigenvalue weighted by Gasteiger charge is 2.32. The smallest absolute Gasteiger partial charge is 0.263 e. The van der Waals surface area contributed by atoms with Crippen LogP contribution in [0, 0.1) is 11.3 Å². The Balaban J connectivity index is 2.00. The standard InChI is InChI=1S/C16H20N4OS/c1-16(2,3)9-5-6-10-11(7-9)22-14-12(10)13(21)19(4)15-18-17-8-20(14)15/h8-9H,5-7H2,1-4H3. The Bertz CT molecular complexity index is 941. The predicted octanol–water partition coefficient (Wildman–Crippen LogP) is 2.79. The Hall–Kier alpha value is -1.69. The number of hydrogen-bond acceptors (Lipinski definition) is 4. The number of hydrogen-bond donors (Lipinski definition) is 0. The van der Waals surface area contributed by atoms with Gasteiger partial charge in [-0.05, 0) is 36.2 Å². The molecule has 3 aromatic rings. The lowest BCUT2D eigenvalue weighted by Gasteiger charge is -2.33. The first kappa shape index (κ1) is 13.9. The molecule has 6 heteroatoms. The maximum Gasteiger partial charge on any atom is 0.263 e. The number of thiophene rings is 1. The lowest BCUT2D eigenvalue weighted by atomic mass is 9.72. The fourth-order valence-electron chi connectivity index (χ4n) is 3.56. The molecule has 0 aliphatic heterocycles. The number of rotatable bonds is 0. The highest BCUT2D eigenvalue weighted by molar-refractivity contribution is 7.18. The summed E-state index contributed by atoms with van der Waals surface area (Å²) in [5.41, 5.74) is 1.63. The average Bonchev–Trinajstić information content (AvgIpc) is 3.07. The van der Waals surface area contributed by atoms with Crippen molar-refractivity contribution >= 4 is 27.3 Å². The van der Waals surface area contributed by atoms with Gasteiger partial charge in [0.2, 0.25) is 5.78 Å². The molecule has 22 heavy (non-hydrogen) atoms. The minimum atomic E-state index is 0.0576. The lowest BCUT2D eigenvalue weighted by Crippen LogP contribution is -2.27. The van der Waals surface area contributed by atoms with E-state index in [-0.39, 0.29) is 5.56 Å². The molecular weight excluding hydrogens is 296 g/mol. The summed E-state index contributed by atoms with van der Waals surface area (Å²) in [6.45, 7) is 6.94. The monoisotopic (exact) mass is 316 g/mol. The van der Waals surface area contributed by atoms with Gasteiger partial charge >= 0.3 is 0 Å². The number of fused-ring (bicyclic) bond motifs is 5. The molecule has 3 aromatic heterocycles. The number of aryl methyl sites for hydroxylation is 2. The second-order valence-electron chi connectivity index (χ2n) is 7.35. The van der Waals surface area contributed by atoms with Gasteiger partial charge in [0.05, 0.1) is 5.39 Å². The van der Waals surface area contributed by atoms with Crippen molar-refractivity contribution in [2.45, 2.75) is 40.0 Å². The predicted molar refractivity (Wildman–Crippen MR) is 88.6 cm³/mol. The highest BCUT2D eigenvalue weighted by Crippen LogP contribution is 2.42. The minimum Gasteiger partial charge on any atom is -0.279 e. The fourth-order valence-corrected chi connectivity index (χ4v) is 4.95. The van der Waals surface area contributed by atoms with Crippen molar-refractivity contribution in [3.63, 3.8) is 0 Å². The quantitative estimate of drug-likeness (QED) is 0.641. The van der Waals surface area contributed by atoms with Crippen LogP contribution in [0.3, 0.4) is 0 Å². The maximum atomic E-state index is 12.7. The van der Waals surface area contributed by atoms with Gasteiger partial charge in [0, 0.05) is 11.9 Å². The van der Waals surface area contributed by atoms with Gasteiger partial charge in [0.25, 0.3) is 5.56 Å². The van der Waals surface area contributed by atoms with E-state index in [0.29, 0.717) is 17.1 Å². The molecule has 1 atom stereocenters. The van der Waals surface area contributed by atoms with Gasteiger partial charge in [-0.3, -0.25) is 13.8 Å². The molecule has 0 saturated heterocycles. The average molecular weight is 316 g/mol. The molecule has 1 aliphatic carbocycles. The number of aromatic nitrogens is 4. The van der Waals surface area contributed by atoms with Gasteiger partial charge in [-0.25, -0.2) is 0 Å². The first-order valence-corrected chi connectivity index (χ1v) is 8.52. The second kappa shape index (κ2) is 4.41. The normalized spacial score (nSPS) is 19.0. The molecule has 0 saturated carbocycles. The van der Waals surface area contributed by atoms with Gasteiger partial charge in [0.15, 0.2) is 0 Å². The van der Waals surface area contributed by atoms with Crippen LogP contribution < -0.4 is 5.56 Å². The van der Waals surface area contributed by atoms with Crippen LogP contribution >= 0.6 is 11.3 Å². The van der Waals surface area contributed by atoms with E-state index in [4.69, 9.17) is 0 Å². The van der Waals surface area contributed by atoms with E-state index < -0.39 is 0 Å². The third-order valence-corrected chi connectivity index (χ3v) is 6.29. The molecule has 116 valence electrons. The first-order chi connectivity index (χ1) is 10.4. The van der Waals surface area contributed by atoms with Crippen molar-refractivity contribution in [3.8, 4) is 0 Å². The molecule has 0 fully saturated rings. The summed E-state index contributed by atoms with van der Waals surface area (Å²) in [5.74, 6) is 1.29. The topological polar surface area (TPSA) is 52.2 Å². The zero-order chi connectivity index (χ0) is 15.6. The van der Waals surface area contributed by atoms with E-state index >= 15 is 0 Å². The van der Waals surface area contributed by atoms with E-state index in [0.717, 1.165) is 29.5 Å². The lowest BCUT2D eigenvalue weighted by molar-refractivity contribution is 0.218. The molecule has 0 amide bonds. The van der Waals surface area contributed by atoms with Gasteiger partial charge in [-0.1, -0.05) is 20.8 Å². The zero-order valence-electron chi connectivity index (χ0n) is 13.4. The molecule has 4 rings (SSSR count). The van der Waals surface area contributed by atoms with E-state index in [2.05, 4.69) is 31.0 Å². The molecule has 3 heterocycles. The van der Waals surface area contributed by atoms with Crippen LogP contribution in [0.1, 0.15) is 37.6 Å². The molecule has 1 aliphatic rings. The summed E-state index contributed by atoms with van der Waals surface area (Å²) in [6.07, 6.45) is 4.94. The summed E-state index contributed by atoms with van der Waals surface area (Å²) in [5, 5.41) is 8.92. The molecule has 5 nitrogen and oxygen atoms in total. The largest absolute Gasteiger partial charge is 0.279 e. The molecule has 0 spiro atoms. The molecular formula is C16H20N4OS. The second-order valence-corrected chi connectivity index (χ2v) is 8.44. The van der Waals surface area contributed by atoms with Crippen LogP contribution in [-0.4, -0.2) is 19.2 Å². The van der Waals surface area contributed by atoms with Gasteiger partial charge in [-0.15, -0.1) is 21.5 Å². The molecule has 0 bridgehead atoms. The Morgan fingerprint density at radius 3 is 2.86 bits per heavy atom. The maximum absolute atomic E-state index is 12.7. The van der Waals surface area contributed by atoms with Crippen molar-refractivity contribution in [2.75, 3.05) is 0 Å². The van der Waals surface area contributed by atoms with Crippen molar-refractivity contribution in [3.05, 3.63) is 27.1 Å². The van der Waals surface area contributed by atoms with Gasteiger partial charge in [-0.2, -0.15) is 0 Å². The van der Waals surface area contributed by atoms with E-state index in [1.165, 1.54) is 10.4 Å². The van der Waals surface area contributed by atoms with Gasteiger partial charge < -0.3 is 0 Å². The van der Waals surface area contributed by atoms with Crippen LogP contribution in [0.2, 0.25) is 0 Å². The first-order valence-electron chi connectivity index (χ1n) is 7.71. The molecule has 1 unspecified atom stereocenters. The minimum absolute atomic E-state index is 0.0576. The Morgan fingerprint density at radius 2 is 2.14 bits per heavy atom. The Labute approximate surface area is 132 Å². The summed E-state index contributed by atoms with van der Waals surface area (Å²) in [7, 11) is 1.77. The van der Waals surface area contributed by atoms with Crippen LogP contribution in [0.15, 0.2) is 11.1 Å². The van der Waals surface area contributed by atoms with E-state index in [1.807, 2.05) is 4.40 Å². The number of nitrogens with zero attached hydrogens (tertiary/aromatic N) is 4. The van der Waals surface area contributed by atoms with Crippen LogP contribution in [0.25, 0.3) is 16.0 Å². The van der Waals surface area contributed by atoms with Crippen LogP contribution in [-0.2, 0) is 19.9 Å². The summed E-state index contributed by atoms with van der Waals surface area (Å²) in [6, 6.07) is 0. The zero-order valence-corrected chi connectivity index (χ0v) is 14.2. The van der Waals surface area contributed by atoms with E-state index in [1.54, 1.807) is 29.3 Å². The summed E-state index contributed by atoms with van der Waals surface area (Å²) >= 11 is 1.75. The molecule has 0 radical (unpaired) electrons. The van der Waals surface area contributed by atoms with Gasteiger partial charge in [0.1, 0.15) is 11.2 Å².